The molecule has 0 fully saturated rings. The maximum Gasteiger partial charge on any atom is 0.247 e. The largest absolute Gasteiger partial charge is 0.364 e. The van der Waals surface area contributed by atoms with Crippen molar-refractivity contribution in [1.29, 1.82) is 5.26 Å². The third-order valence-corrected chi connectivity index (χ3v) is 6.41. The summed E-state index contributed by atoms with van der Waals surface area (Å²) in [7, 11) is -3.66. The minimum Gasteiger partial charge on any atom is -0.364 e. The molecule has 3 heterocycles. The average molecular weight is 350 g/mol. The number of nitrogens with one attached hydrogen (secondary N) is 1. The Labute approximate surface area is 134 Å². The Morgan fingerprint density at radius 2 is 2.18 bits per heavy atom. The fraction of sp³-hybridized carbons (Fsp3) is 0.0769. The van der Waals surface area contributed by atoms with Crippen molar-refractivity contribution in [2.75, 3.05) is 5.32 Å². The zero-order valence-corrected chi connectivity index (χ0v) is 13.6. The Morgan fingerprint density at radius 3 is 2.86 bits per heavy atom. The molecular weight excluding hydrogens is 340 g/mol. The quantitative estimate of drug-likeness (QED) is 0.751. The first-order chi connectivity index (χ1) is 10.5. The fourth-order valence-electron chi connectivity index (χ4n) is 1.95. The number of pyridine rings is 1. The van der Waals surface area contributed by atoms with E-state index in [4.69, 9.17) is 10.4 Å². The molecule has 0 unspecified atom stereocenters. The summed E-state index contributed by atoms with van der Waals surface area (Å²) < 4.78 is 23.6. The van der Waals surface area contributed by atoms with Crippen LogP contribution in [0.1, 0.15) is 10.4 Å². The van der Waals surface area contributed by atoms with Crippen molar-refractivity contribution < 1.29 is 8.42 Å². The van der Waals surface area contributed by atoms with Gasteiger partial charge in [-0.1, -0.05) is 0 Å². The number of thiophene rings is 2. The summed E-state index contributed by atoms with van der Waals surface area (Å²) in [5, 5.41) is 20.1. The van der Waals surface area contributed by atoms with Crippen LogP contribution in [-0.2, 0) is 16.6 Å². The fourth-order valence-corrected chi connectivity index (χ4v) is 4.55. The number of primary sulfonamides is 1. The predicted octanol–water partition coefficient (Wildman–Crippen LogP) is 2.49. The summed E-state index contributed by atoms with van der Waals surface area (Å²) in [5.41, 5.74) is 0.537. The van der Waals surface area contributed by atoms with Crippen molar-refractivity contribution in [2.45, 2.75) is 10.8 Å². The second kappa shape index (κ2) is 5.66. The van der Waals surface area contributed by atoms with E-state index < -0.39 is 10.0 Å². The maximum absolute atomic E-state index is 11.3. The van der Waals surface area contributed by atoms with Gasteiger partial charge in [0.15, 0.2) is 0 Å². The number of sulfonamides is 1. The topological polar surface area (TPSA) is 109 Å². The van der Waals surface area contributed by atoms with Gasteiger partial charge in [-0.25, -0.2) is 18.5 Å². The van der Waals surface area contributed by atoms with E-state index in [2.05, 4.69) is 16.4 Å². The van der Waals surface area contributed by atoms with Crippen molar-refractivity contribution in [2.24, 2.45) is 5.14 Å². The first-order valence-corrected chi connectivity index (χ1v) is 9.35. The number of aromatic nitrogens is 1. The molecule has 0 aromatic carbocycles. The van der Waals surface area contributed by atoms with Gasteiger partial charge in [-0.2, -0.15) is 5.26 Å². The van der Waals surface area contributed by atoms with E-state index in [1.807, 2.05) is 11.4 Å². The number of fused-ring (bicyclic) bond motifs is 1. The third-order valence-electron chi connectivity index (χ3n) is 2.96. The van der Waals surface area contributed by atoms with Crippen molar-refractivity contribution >= 4 is 48.6 Å². The molecule has 6 nitrogen and oxygen atoms in total. The molecule has 0 aliphatic rings. The molecule has 0 radical (unpaired) electrons. The third kappa shape index (κ3) is 2.82. The number of rotatable bonds is 4. The van der Waals surface area contributed by atoms with Crippen molar-refractivity contribution in [3.05, 3.63) is 40.2 Å². The van der Waals surface area contributed by atoms with E-state index in [-0.39, 0.29) is 4.21 Å². The first-order valence-electron chi connectivity index (χ1n) is 6.11. The normalized spacial score (nSPS) is 11.5. The van der Waals surface area contributed by atoms with E-state index in [0.29, 0.717) is 17.9 Å². The molecule has 0 spiro atoms. The summed E-state index contributed by atoms with van der Waals surface area (Å²) in [6.07, 6.45) is 1.53. The number of hydrogen-bond donors (Lipinski definition) is 2. The van der Waals surface area contributed by atoms with Crippen LogP contribution in [-0.4, -0.2) is 13.4 Å². The van der Waals surface area contributed by atoms with Crippen molar-refractivity contribution in [1.82, 2.24) is 4.98 Å². The summed E-state index contributed by atoms with van der Waals surface area (Å²) in [4.78, 5) is 5.09. The lowest BCUT2D eigenvalue weighted by Crippen LogP contribution is -2.09. The molecule has 3 aromatic heterocycles. The molecule has 112 valence electrons. The predicted molar refractivity (Wildman–Crippen MR) is 87.4 cm³/mol. The number of nitriles is 1. The van der Waals surface area contributed by atoms with Crippen LogP contribution >= 0.6 is 22.7 Å². The number of anilines is 1. The van der Waals surface area contributed by atoms with Gasteiger partial charge in [-0.15, -0.1) is 22.7 Å². The highest BCUT2D eigenvalue weighted by Gasteiger charge is 2.12. The highest BCUT2D eigenvalue weighted by atomic mass is 32.2. The lowest BCUT2D eigenvalue weighted by atomic mass is 10.2. The highest BCUT2D eigenvalue weighted by molar-refractivity contribution is 7.91. The van der Waals surface area contributed by atoms with Gasteiger partial charge < -0.3 is 5.32 Å². The van der Waals surface area contributed by atoms with E-state index >= 15 is 0 Å². The second-order valence-electron chi connectivity index (χ2n) is 4.41. The Morgan fingerprint density at radius 1 is 1.36 bits per heavy atom. The van der Waals surface area contributed by atoms with Crippen LogP contribution in [0.3, 0.4) is 0 Å². The Balaban J connectivity index is 1.84. The van der Waals surface area contributed by atoms with Gasteiger partial charge in [0.2, 0.25) is 10.0 Å². The van der Waals surface area contributed by atoms with Gasteiger partial charge in [0, 0.05) is 16.5 Å². The monoisotopic (exact) mass is 350 g/mol. The number of nitrogens with two attached hydrogens (primary N) is 1. The maximum atomic E-state index is 11.3. The number of hydrogen-bond acceptors (Lipinski definition) is 7. The molecule has 0 aliphatic carbocycles. The highest BCUT2D eigenvalue weighted by Crippen LogP contribution is 2.30. The molecule has 0 saturated carbocycles. The average Bonchev–Trinajstić information content (AvgIpc) is 3.13. The SMILES string of the molecule is N#Cc1cnc(NCc2ccc(S(N)(=O)=O)s2)c2sccc12. The van der Waals surface area contributed by atoms with E-state index in [1.165, 1.54) is 23.6 Å². The lowest BCUT2D eigenvalue weighted by molar-refractivity contribution is 0.600. The molecule has 0 saturated heterocycles. The summed E-state index contributed by atoms with van der Waals surface area (Å²) in [6.45, 7) is 0.437. The van der Waals surface area contributed by atoms with Crippen LogP contribution < -0.4 is 10.5 Å². The van der Waals surface area contributed by atoms with Gasteiger partial charge in [-0.3, -0.25) is 0 Å². The van der Waals surface area contributed by atoms with Gasteiger partial charge in [0.1, 0.15) is 16.1 Å². The Hall–Kier alpha value is -1.99. The summed E-state index contributed by atoms with van der Waals surface area (Å²) in [6, 6.07) is 7.20. The van der Waals surface area contributed by atoms with Crippen LogP contribution in [0.4, 0.5) is 5.82 Å². The zero-order valence-electron chi connectivity index (χ0n) is 11.1. The minimum atomic E-state index is -3.66. The summed E-state index contributed by atoms with van der Waals surface area (Å²) in [5.74, 6) is 0.676. The van der Waals surface area contributed by atoms with Crippen molar-refractivity contribution in [3.63, 3.8) is 0 Å². The van der Waals surface area contributed by atoms with E-state index in [0.717, 1.165) is 26.3 Å². The van der Waals surface area contributed by atoms with Gasteiger partial charge >= 0.3 is 0 Å². The van der Waals surface area contributed by atoms with Crippen LogP contribution in [0.15, 0.2) is 34.0 Å². The molecule has 0 bridgehead atoms. The van der Waals surface area contributed by atoms with Gasteiger partial charge in [0.05, 0.1) is 16.8 Å². The number of nitrogens with zero attached hydrogens (tertiary/aromatic N) is 2. The minimum absolute atomic E-state index is 0.137. The summed E-state index contributed by atoms with van der Waals surface area (Å²) >= 11 is 2.62. The van der Waals surface area contributed by atoms with Crippen molar-refractivity contribution in [3.8, 4) is 6.07 Å². The second-order valence-corrected chi connectivity index (χ2v) is 8.29. The lowest BCUT2D eigenvalue weighted by Gasteiger charge is -2.05. The Bertz CT molecular complexity index is 982. The molecule has 0 aliphatic heterocycles. The smallest absolute Gasteiger partial charge is 0.247 e. The molecular formula is C13H10N4O2S3. The van der Waals surface area contributed by atoms with Crippen LogP contribution in [0.5, 0.6) is 0 Å². The molecule has 3 rings (SSSR count). The molecule has 0 amide bonds. The van der Waals surface area contributed by atoms with E-state index in [9.17, 15) is 8.42 Å². The van der Waals surface area contributed by atoms with E-state index in [1.54, 1.807) is 6.07 Å². The van der Waals surface area contributed by atoms with Gasteiger partial charge in [-0.05, 0) is 23.6 Å². The standard InChI is InChI=1S/C13H10N4O2S3/c14-5-8-6-16-13(12-10(8)3-4-20-12)17-7-9-1-2-11(21-9)22(15,18)19/h1-4,6H,7H2,(H,16,17)(H2,15,18,19). The molecule has 3 aromatic rings. The molecule has 0 atom stereocenters. The molecule has 3 N–H and O–H groups in total. The van der Waals surface area contributed by atoms with Crippen LogP contribution in [0.25, 0.3) is 10.1 Å². The zero-order chi connectivity index (χ0) is 15.7. The molecule has 9 heteroatoms. The van der Waals surface area contributed by atoms with Crippen LogP contribution in [0.2, 0.25) is 0 Å². The van der Waals surface area contributed by atoms with Crippen LogP contribution in [0, 0.1) is 11.3 Å². The first kappa shape index (κ1) is 14.9. The molecule has 22 heavy (non-hydrogen) atoms. The van der Waals surface area contributed by atoms with Gasteiger partial charge in [0.25, 0.3) is 0 Å². The Kier molecular flexibility index (Phi) is 3.84.